The Bertz CT molecular complexity index is 512. The second-order valence-corrected chi connectivity index (χ2v) is 5.98. The summed E-state index contributed by atoms with van der Waals surface area (Å²) in [6, 6.07) is 0. The molecule has 0 aliphatic heterocycles. The van der Waals surface area contributed by atoms with Gasteiger partial charge in [0.2, 0.25) is 0 Å². The molecule has 0 aliphatic rings. The van der Waals surface area contributed by atoms with E-state index >= 15 is 0 Å². The SMILES string of the molecule is CCOC(=O)c1c(NCCC(C)C)sc(C(=O)NC)c1N. The summed E-state index contributed by atoms with van der Waals surface area (Å²) >= 11 is 1.18. The Morgan fingerprint density at radius 3 is 2.57 bits per heavy atom. The molecule has 7 heteroatoms. The first kappa shape index (κ1) is 17.3. The number of nitrogens with one attached hydrogen (secondary N) is 2. The maximum Gasteiger partial charge on any atom is 0.343 e. The van der Waals surface area contributed by atoms with Crippen LogP contribution < -0.4 is 16.4 Å². The van der Waals surface area contributed by atoms with Crippen molar-refractivity contribution in [1.82, 2.24) is 5.32 Å². The third-order valence-electron chi connectivity index (χ3n) is 2.87. The summed E-state index contributed by atoms with van der Waals surface area (Å²) in [7, 11) is 1.53. The molecule has 1 amide bonds. The van der Waals surface area contributed by atoms with E-state index in [4.69, 9.17) is 10.5 Å². The van der Waals surface area contributed by atoms with Gasteiger partial charge in [-0.1, -0.05) is 13.8 Å². The van der Waals surface area contributed by atoms with Crippen molar-refractivity contribution in [3.8, 4) is 0 Å². The second kappa shape index (κ2) is 7.87. The van der Waals surface area contributed by atoms with E-state index in [1.54, 1.807) is 6.92 Å². The molecule has 0 unspecified atom stereocenters. The quantitative estimate of drug-likeness (QED) is 0.672. The molecule has 0 fully saturated rings. The van der Waals surface area contributed by atoms with Crippen LogP contribution in [0.1, 0.15) is 47.2 Å². The molecule has 0 radical (unpaired) electrons. The average molecular weight is 313 g/mol. The van der Waals surface area contributed by atoms with E-state index in [2.05, 4.69) is 24.5 Å². The van der Waals surface area contributed by atoms with Gasteiger partial charge in [0.15, 0.2) is 0 Å². The molecular weight excluding hydrogens is 290 g/mol. The van der Waals surface area contributed by atoms with Crippen molar-refractivity contribution in [2.24, 2.45) is 5.92 Å². The molecule has 1 heterocycles. The molecule has 1 aromatic rings. The smallest absolute Gasteiger partial charge is 0.343 e. The van der Waals surface area contributed by atoms with Gasteiger partial charge in [-0.15, -0.1) is 11.3 Å². The highest BCUT2D eigenvalue weighted by atomic mass is 32.1. The number of anilines is 2. The zero-order valence-electron chi connectivity index (χ0n) is 12.9. The Hall–Kier alpha value is -1.76. The molecule has 1 aromatic heterocycles. The van der Waals surface area contributed by atoms with Crippen LogP contribution in [0.15, 0.2) is 0 Å². The van der Waals surface area contributed by atoms with E-state index in [0.29, 0.717) is 22.3 Å². The highest BCUT2D eigenvalue weighted by Gasteiger charge is 2.25. The fraction of sp³-hybridized carbons (Fsp3) is 0.571. The van der Waals surface area contributed by atoms with Crippen molar-refractivity contribution in [1.29, 1.82) is 0 Å². The number of carbonyl (C=O) groups excluding carboxylic acids is 2. The van der Waals surface area contributed by atoms with E-state index in [1.165, 1.54) is 18.4 Å². The van der Waals surface area contributed by atoms with Crippen molar-refractivity contribution in [3.05, 3.63) is 10.4 Å². The number of nitrogen functional groups attached to an aromatic ring is 1. The third-order valence-corrected chi connectivity index (χ3v) is 4.03. The zero-order chi connectivity index (χ0) is 16.0. The lowest BCUT2D eigenvalue weighted by molar-refractivity contribution is 0.0529. The van der Waals surface area contributed by atoms with Crippen LogP contribution >= 0.6 is 11.3 Å². The van der Waals surface area contributed by atoms with E-state index in [9.17, 15) is 9.59 Å². The lowest BCUT2D eigenvalue weighted by atomic mass is 10.1. The molecule has 0 spiro atoms. The molecule has 21 heavy (non-hydrogen) atoms. The predicted molar refractivity (Wildman–Crippen MR) is 86.0 cm³/mol. The lowest BCUT2D eigenvalue weighted by Gasteiger charge is -2.09. The maximum absolute atomic E-state index is 12.0. The Kier molecular flexibility index (Phi) is 6.48. The zero-order valence-corrected chi connectivity index (χ0v) is 13.7. The number of nitrogens with two attached hydrogens (primary N) is 1. The van der Waals surface area contributed by atoms with Crippen LogP contribution in [0.5, 0.6) is 0 Å². The maximum atomic E-state index is 12.0. The summed E-state index contributed by atoms with van der Waals surface area (Å²) in [5.41, 5.74) is 6.38. The van der Waals surface area contributed by atoms with Crippen molar-refractivity contribution in [2.75, 3.05) is 31.2 Å². The molecule has 0 aliphatic carbocycles. The van der Waals surface area contributed by atoms with Crippen LogP contribution in [-0.4, -0.2) is 32.1 Å². The predicted octanol–water partition coefficient (Wildman–Crippen LogP) is 2.32. The summed E-state index contributed by atoms with van der Waals surface area (Å²) < 4.78 is 5.02. The van der Waals surface area contributed by atoms with Gasteiger partial charge in [-0.05, 0) is 19.3 Å². The topological polar surface area (TPSA) is 93.4 Å². The van der Waals surface area contributed by atoms with E-state index < -0.39 is 5.97 Å². The van der Waals surface area contributed by atoms with Crippen molar-refractivity contribution in [2.45, 2.75) is 27.2 Å². The standard InChI is InChI=1S/C14H23N3O3S/c1-5-20-14(19)9-10(15)11(12(18)16-4)21-13(9)17-7-6-8(2)3/h8,17H,5-7,15H2,1-4H3,(H,16,18). The van der Waals surface area contributed by atoms with Crippen LogP contribution in [0.4, 0.5) is 10.7 Å². The third kappa shape index (κ3) is 4.35. The van der Waals surface area contributed by atoms with Crippen molar-refractivity contribution in [3.63, 3.8) is 0 Å². The molecule has 0 saturated heterocycles. The summed E-state index contributed by atoms with van der Waals surface area (Å²) in [6.45, 7) is 6.93. The van der Waals surface area contributed by atoms with Gasteiger partial charge in [0.05, 0.1) is 12.3 Å². The summed E-state index contributed by atoms with van der Waals surface area (Å²) in [5.74, 6) is -0.271. The number of hydrogen-bond acceptors (Lipinski definition) is 6. The minimum absolute atomic E-state index is 0.171. The second-order valence-electron chi connectivity index (χ2n) is 4.96. The molecule has 4 N–H and O–H groups in total. The average Bonchev–Trinajstić information content (AvgIpc) is 2.75. The fourth-order valence-corrected chi connectivity index (χ4v) is 2.81. The molecule has 118 valence electrons. The minimum atomic E-state index is -0.506. The molecule has 6 nitrogen and oxygen atoms in total. The monoisotopic (exact) mass is 313 g/mol. The molecular formula is C14H23N3O3S. The van der Waals surface area contributed by atoms with Crippen LogP contribution in [-0.2, 0) is 4.74 Å². The van der Waals surface area contributed by atoms with E-state index in [-0.39, 0.29) is 23.8 Å². The largest absolute Gasteiger partial charge is 0.462 e. The number of thiophene rings is 1. The number of amides is 1. The summed E-state index contributed by atoms with van der Waals surface area (Å²) in [5, 5.41) is 6.29. The van der Waals surface area contributed by atoms with Crippen LogP contribution in [0.25, 0.3) is 0 Å². The Morgan fingerprint density at radius 2 is 2.05 bits per heavy atom. The minimum Gasteiger partial charge on any atom is -0.462 e. The molecule has 0 bridgehead atoms. The van der Waals surface area contributed by atoms with E-state index in [1.807, 2.05) is 0 Å². The Balaban J connectivity index is 3.07. The fourth-order valence-electron chi connectivity index (χ4n) is 1.73. The number of hydrogen-bond donors (Lipinski definition) is 3. The van der Waals surface area contributed by atoms with Gasteiger partial charge in [-0.25, -0.2) is 4.79 Å². The van der Waals surface area contributed by atoms with Gasteiger partial charge < -0.3 is 21.1 Å². The van der Waals surface area contributed by atoms with E-state index in [0.717, 1.165) is 6.42 Å². The Labute approximate surface area is 129 Å². The van der Waals surface area contributed by atoms with Gasteiger partial charge in [0, 0.05) is 13.6 Å². The first-order valence-electron chi connectivity index (χ1n) is 6.97. The van der Waals surface area contributed by atoms with Crippen LogP contribution in [0, 0.1) is 5.92 Å². The highest BCUT2D eigenvalue weighted by molar-refractivity contribution is 7.19. The summed E-state index contributed by atoms with van der Waals surface area (Å²) in [6.07, 6.45) is 0.954. The number of ether oxygens (including phenoxy) is 1. The van der Waals surface area contributed by atoms with Gasteiger partial charge >= 0.3 is 5.97 Å². The molecule has 0 saturated carbocycles. The van der Waals surface area contributed by atoms with Gasteiger partial charge in [-0.2, -0.15) is 0 Å². The first-order chi connectivity index (χ1) is 9.92. The van der Waals surface area contributed by atoms with Crippen molar-refractivity contribution < 1.29 is 14.3 Å². The van der Waals surface area contributed by atoms with Crippen molar-refractivity contribution >= 4 is 33.9 Å². The number of carbonyl (C=O) groups is 2. The normalized spacial score (nSPS) is 10.5. The van der Waals surface area contributed by atoms with Crippen LogP contribution in [0.3, 0.4) is 0 Å². The molecule has 0 atom stereocenters. The number of rotatable bonds is 7. The van der Waals surface area contributed by atoms with Crippen LogP contribution in [0.2, 0.25) is 0 Å². The van der Waals surface area contributed by atoms with Gasteiger partial charge in [-0.3, -0.25) is 4.79 Å². The molecule has 0 aromatic carbocycles. The summed E-state index contributed by atoms with van der Waals surface area (Å²) in [4.78, 5) is 24.2. The lowest BCUT2D eigenvalue weighted by Crippen LogP contribution is -2.18. The Morgan fingerprint density at radius 1 is 1.38 bits per heavy atom. The molecule has 1 rings (SSSR count). The first-order valence-corrected chi connectivity index (χ1v) is 7.79. The highest BCUT2D eigenvalue weighted by Crippen LogP contribution is 2.36. The van der Waals surface area contributed by atoms with Gasteiger partial charge in [0.25, 0.3) is 5.91 Å². The van der Waals surface area contributed by atoms with Gasteiger partial charge in [0.1, 0.15) is 15.4 Å². The number of esters is 1.